The highest BCUT2D eigenvalue weighted by Crippen LogP contribution is 2.57. The van der Waals surface area contributed by atoms with Crippen LogP contribution in [0.25, 0.3) is 0 Å². The minimum absolute atomic E-state index is 0.0210. The minimum atomic E-state index is -0.676. The van der Waals surface area contributed by atoms with Crippen LogP contribution < -0.4 is 0 Å². The van der Waals surface area contributed by atoms with Crippen LogP contribution in [0, 0.1) is 23.7 Å². The topological polar surface area (TPSA) is 52.6 Å². The van der Waals surface area contributed by atoms with Gasteiger partial charge < -0.3 is 9.47 Å². The number of alkyl halides is 1. The Hall–Kier alpha value is -1.13. The highest BCUT2D eigenvalue weighted by molar-refractivity contribution is 5.85. The predicted molar refractivity (Wildman–Crippen MR) is 50.0 cm³/mol. The standard InChI is InChI=1S/C11H13FO4/c12-1-2-15-10(13)8-5-3-6-7(4-5)16-11(14)9(6)8/h5-9H,1-4H2. The van der Waals surface area contributed by atoms with Crippen LogP contribution in [0.5, 0.6) is 0 Å². The van der Waals surface area contributed by atoms with Crippen molar-refractivity contribution in [2.45, 2.75) is 18.9 Å². The van der Waals surface area contributed by atoms with E-state index in [9.17, 15) is 14.0 Å². The first-order valence-corrected chi connectivity index (χ1v) is 5.65. The van der Waals surface area contributed by atoms with E-state index in [4.69, 9.17) is 9.47 Å². The molecule has 1 heterocycles. The molecule has 5 atom stereocenters. The molecule has 0 aromatic carbocycles. The van der Waals surface area contributed by atoms with Crippen molar-refractivity contribution < 1.29 is 23.5 Å². The van der Waals surface area contributed by atoms with Crippen LogP contribution in [0.1, 0.15) is 12.8 Å². The van der Waals surface area contributed by atoms with Gasteiger partial charge in [0.15, 0.2) is 0 Å². The first-order chi connectivity index (χ1) is 7.72. The summed E-state index contributed by atoms with van der Waals surface area (Å²) in [6, 6.07) is 0. The summed E-state index contributed by atoms with van der Waals surface area (Å²) in [4.78, 5) is 23.3. The second kappa shape index (κ2) is 3.43. The molecule has 3 aliphatic rings. The predicted octanol–water partition coefficient (Wildman–Crippen LogP) is 0.697. The molecule has 16 heavy (non-hydrogen) atoms. The van der Waals surface area contributed by atoms with Crippen molar-refractivity contribution >= 4 is 11.9 Å². The van der Waals surface area contributed by atoms with Crippen molar-refractivity contribution in [2.75, 3.05) is 13.3 Å². The van der Waals surface area contributed by atoms with Crippen molar-refractivity contribution in [1.29, 1.82) is 0 Å². The van der Waals surface area contributed by atoms with Gasteiger partial charge in [-0.3, -0.25) is 9.59 Å². The molecule has 3 rings (SSSR count). The highest BCUT2D eigenvalue weighted by Gasteiger charge is 2.64. The Bertz CT molecular complexity index is 341. The van der Waals surface area contributed by atoms with E-state index in [0.717, 1.165) is 12.8 Å². The Kier molecular flexibility index (Phi) is 2.16. The summed E-state index contributed by atoms with van der Waals surface area (Å²) >= 11 is 0. The average Bonchev–Trinajstić information content (AvgIpc) is 2.85. The molecule has 0 amide bonds. The van der Waals surface area contributed by atoms with Gasteiger partial charge in [0.1, 0.15) is 19.4 Å². The summed E-state index contributed by atoms with van der Waals surface area (Å²) in [6.07, 6.45) is 1.66. The summed E-state index contributed by atoms with van der Waals surface area (Å²) in [6.45, 7) is -0.887. The Morgan fingerprint density at radius 2 is 2.31 bits per heavy atom. The van der Waals surface area contributed by atoms with Crippen molar-refractivity contribution in [3.05, 3.63) is 0 Å². The molecule has 2 saturated carbocycles. The lowest BCUT2D eigenvalue weighted by molar-refractivity contribution is -0.156. The number of hydrogen-bond donors (Lipinski definition) is 0. The van der Waals surface area contributed by atoms with Gasteiger partial charge in [0, 0.05) is 5.92 Å². The van der Waals surface area contributed by atoms with E-state index in [1.807, 2.05) is 0 Å². The van der Waals surface area contributed by atoms with E-state index < -0.39 is 12.6 Å². The fourth-order valence-electron chi connectivity index (χ4n) is 3.56. The third-order valence-corrected chi connectivity index (χ3v) is 4.08. The van der Waals surface area contributed by atoms with E-state index in [-0.39, 0.29) is 42.4 Å². The maximum Gasteiger partial charge on any atom is 0.310 e. The van der Waals surface area contributed by atoms with Gasteiger partial charge in [0.2, 0.25) is 0 Å². The lowest BCUT2D eigenvalue weighted by Gasteiger charge is -2.22. The first kappa shape index (κ1) is 10.1. The third kappa shape index (κ3) is 1.20. The van der Waals surface area contributed by atoms with Gasteiger partial charge >= 0.3 is 11.9 Å². The molecule has 1 saturated heterocycles. The van der Waals surface area contributed by atoms with Crippen molar-refractivity contribution in [2.24, 2.45) is 23.7 Å². The van der Waals surface area contributed by atoms with Gasteiger partial charge in [-0.25, -0.2) is 4.39 Å². The number of fused-ring (bicyclic) bond motifs is 1. The Morgan fingerprint density at radius 1 is 1.50 bits per heavy atom. The van der Waals surface area contributed by atoms with E-state index in [1.54, 1.807) is 0 Å². The third-order valence-electron chi connectivity index (χ3n) is 4.08. The summed E-state index contributed by atoms with van der Waals surface area (Å²) in [7, 11) is 0. The van der Waals surface area contributed by atoms with Crippen molar-refractivity contribution in [3.63, 3.8) is 0 Å². The quantitative estimate of drug-likeness (QED) is 0.667. The monoisotopic (exact) mass is 228 g/mol. The Labute approximate surface area is 92.1 Å². The van der Waals surface area contributed by atoms with Gasteiger partial charge in [-0.1, -0.05) is 0 Å². The lowest BCUT2D eigenvalue weighted by Crippen LogP contribution is -2.33. The van der Waals surface area contributed by atoms with E-state index in [0.29, 0.717) is 0 Å². The maximum atomic E-state index is 11.9. The van der Waals surface area contributed by atoms with Crippen LogP contribution in [-0.4, -0.2) is 31.3 Å². The molecule has 0 radical (unpaired) electrons. The maximum absolute atomic E-state index is 11.9. The molecule has 3 fully saturated rings. The average molecular weight is 228 g/mol. The lowest BCUT2D eigenvalue weighted by atomic mass is 9.80. The van der Waals surface area contributed by atoms with E-state index in [2.05, 4.69) is 0 Å². The Balaban J connectivity index is 1.77. The second-order valence-electron chi connectivity index (χ2n) is 4.78. The largest absolute Gasteiger partial charge is 0.463 e. The van der Waals surface area contributed by atoms with Gasteiger partial charge in [-0.2, -0.15) is 0 Å². The summed E-state index contributed by atoms with van der Waals surface area (Å²) in [5.41, 5.74) is 0. The van der Waals surface area contributed by atoms with Crippen LogP contribution in [0.3, 0.4) is 0 Å². The Morgan fingerprint density at radius 3 is 3.06 bits per heavy atom. The molecule has 0 N–H and O–H groups in total. The van der Waals surface area contributed by atoms with E-state index in [1.165, 1.54) is 0 Å². The van der Waals surface area contributed by atoms with Crippen LogP contribution in [0.15, 0.2) is 0 Å². The molecule has 88 valence electrons. The van der Waals surface area contributed by atoms with Crippen molar-refractivity contribution in [1.82, 2.24) is 0 Å². The highest BCUT2D eigenvalue weighted by atomic mass is 19.1. The van der Waals surface area contributed by atoms with Gasteiger partial charge in [0.25, 0.3) is 0 Å². The van der Waals surface area contributed by atoms with Crippen molar-refractivity contribution in [3.8, 4) is 0 Å². The number of ether oxygens (including phenoxy) is 2. The molecule has 2 aliphatic carbocycles. The zero-order valence-corrected chi connectivity index (χ0v) is 8.73. The molecule has 5 unspecified atom stereocenters. The van der Waals surface area contributed by atoms with Crippen LogP contribution in [0.4, 0.5) is 4.39 Å². The molecule has 2 bridgehead atoms. The molecule has 5 heteroatoms. The SMILES string of the molecule is O=C(OCCF)C1C2CC3OC(=O)C1C3C2. The smallest absolute Gasteiger partial charge is 0.310 e. The first-order valence-electron chi connectivity index (χ1n) is 5.65. The molecular formula is C11H13FO4. The number of halogens is 1. The number of rotatable bonds is 3. The molecule has 0 spiro atoms. The molecule has 1 aliphatic heterocycles. The van der Waals surface area contributed by atoms with Gasteiger partial charge in [-0.15, -0.1) is 0 Å². The molecule has 4 nitrogen and oxygen atoms in total. The van der Waals surface area contributed by atoms with Crippen LogP contribution >= 0.6 is 0 Å². The normalized spacial score (nSPS) is 43.6. The zero-order valence-electron chi connectivity index (χ0n) is 8.73. The van der Waals surface area contributed by atoms with Crippen LogP contribution in [0.2, 0.25) is 0 Å². The summed E-state index contributed by atoms with van der Waals surface area (Å²) < 4.78 is 21.9. The number of carbonyl (C=O) groups excluding carboxylic acids is 2. The fourth-order valence-corrected chi connectivity index (χ4v) is 3.56. The zero-order chi connectivity index (χ0) is 11.3. The molecule has 0 aromatic rings. The number of carbonyl (C=O) groups is 2. The second-order valence-corrected chi connectivity index (χ2v) is 4.78. The molecule has 0 aromatic heterocycles. The minimum Gasteiger partial charge on any atom is -0.463 e. The van der Waals surface area contributed by atoms with Gasteiger partial charge in [-0.05, 0) is 18.8 Å². The fraction of sp³-hybridized carbons (Fsp3) is 0.818. The number of esters is 2. The molecular weight excluding hydrogens is 215 g/mol. The summed E-state index contributed by atoms with van der Waals surface area (Å²) in [5.74, 6) is -1.01. The van der Waals surface area contributed by atoms with Crippen LogP contribution in [-0.2, 0) is 19.1 Å². The summed E-state index contributed by atoms with van der Waals surface area (Å²) in [5, 5.41) is 0. The van der Waals surface area contributed by atoms with Gasteiger partial charge in [0.05, 0.1) is 11.8 Å². The van der Waals surface area contributed by atoms with E-state index >= 15 is 0 Å². The number of hydrogen-bond acceptors (Lipinski definition) is 4.